The fourth-order valence-electron chi connectivity index (χ4n) is 1.74. The fourth-order valence-corrected chi connectivity index (χ4v) is 1.74. The van der Waals surface area contributed by atoms with Gasteiger partial charge in [-0.05, 0) is 19.8 Å². The first-order chi connectivity index (χ1) is 9.04. The highest BCUT2D eigenvalue weighted by Crippen LogP contribution is 2.07. The third kappa shape index (κ3) is 5.03. The average Bonchev–Trinajstić information content (AvgIpc) is 2.69. The van der Waals surface area contributed by atoms with Gasteiger partial charge in [-0.3, -0.25) is 19.3 Å². The average molecular weight is 266 g/mol. The molecular formula is C13H18N2O4. The molecule has 1 N–H and O–H groups in total. The van der Waals surface area contributed by atoms with Gasteiger partial charge in [-0.25, -0.2) is 0 Å². The van der Waals surface area contributed by atoms with Gasteiger partial charge in [0.05, 0.1) is 6.04 Å². The van der Waals surface area contributed by atoms with Crippen LogP contribution in [0, 0.1) is 0 Å². The molecule has 0 saturated carbocycles. The molecule has 0 saturated heterocycles. The molecule has 6 heteroatoms. The number of hydrogen-bond donors (Lipinski definition) is 1. The highest BCUT2D eigenvalue weighted by Gasteiger charge is 2.22. The number of unbranched alkanes of at least 4 members (excludes halogenated alkanes) is 2. The van der Waals surface area contributed by atoms with E-state index in [2.05, 4.69) is 5.32 Å². The minimum atomic E-state index is -0.460. The number of amides is 3. The number of rotatable bonds is 8. The zero-order chi connectivity index (χ0) is 14.3. The van der Waals surface area contributed by atoms with Crippen LogP contribution in [-0.2, 0) is 19.2 Å². The quantitative estimate of drug-likeness (QED) is 0.386. The van der Waals surface area contributed by atoms with Crippen molar-refractivity contribution in [2.75, 3.05) is 6.54 Å². The molecule has 1 atom stereocenters. The Morgan fingerprint density at radius 2 is 1.89 bits per heavy atom. The van der Waals surface area contributed by atoms with Crippen molar-refractivity contribution < 1.29 is 19.2 Å². The maximum atomic E-state index is 11.3. The van der Waals surface area contributed by atoms with Crippen LogP contribution in [0.4, 0.5) is 0 Å². The van der Waals surface area contributed by atoms with E-state index in [1.165, 1.54) is 17.1 Å². The third-order valence-corrected chi connectivity index (χ3v) is 2.78. The molecule has 0 aromatic rings. The fraction of sp³-hybridized carbons (Fsp3) is 0.538. The number of nitrogens with zero attached hydrogens (tertiary/aromatic N) is 1. The van der Waals surface area contributed by atoms with Gasteiger partial charge in [0, 0.05) is 25.1 Å². The van der Waals surface area contributed by atoms with Gasteiger partial charge >= 0.3 is 0 Å². The summed E-state index contributed by atoms with van der Waals surface area (Å²) in [5.74, 6) is -0.709. The Bertz CT molecular complexity index is 385. The molecule has 0 spiro atoms. The lowest BCUT2D eigenvalue weighted by Crippen LogP contribution is -2.33. The second kappa shape index (κ2) is 7.45. The maximum absolute atomic E-state index is 11.3. The number of carbonyl (C=O) groups is 4. The van der Waals surface area contributed by atoms with Crippen LogP contribution in [0.15, 0.2) is 12.2 Å². The lowest BCUT2D eigenvalue weighted by atomic mass is 10.1. The van der Waals surface area contributed by atoms with Gasteiger partial charge in [0.1, 0.15) is 6.29 Å². The maximum Gasteiger partial charge on any atom is 0.253 e. The van der Waals surface area contributed by atoms with Crippen LogP contribution in [0.1, 0.15) is 32.6 Å². The van der Waals surface area contributed by atoms with Crippen LogP contribution >= 0.6 is 0 Å². The normalized spacial score (nSPS) is 15.7. The monoisotopic (exact) mass is 266 g/mol. The summed E-state index contributed by atoms with van der Waals surface area (Å²) in [6, 6.07) is -0.460. The number of carbonyl (C=O) groups excluding carboxylic acids is 4. The van der Waals surface area contributed by atoms with Gasteiger partial charge < -0.3 is 10.1 Å². The number of imide groups is 1. The van der Waals surface area contributed by atoms with Gasteiger partial charge in [0.25, 0.3) is 11.8 Å². The molecule has 1 heterocycles. The van der Waals surface area contributed by atoms with Crippen LogP contribution < -0.4 is 5.32 Å². The van der Waals surface area contributed by atoms with E-state index >= 15 is 0 Å². The molecule has 0 bridgehead atoms. The summed E-state index contributed by atoms with van der Waals surface area (Å²) >= 11 is 0. The van der Waals surface area contributed by atoms with E-state index in [4.69, 9.17) is 0 Å². The lowest BCUT2D eigenvalue weighted by Gasteiger charge is -2.13. The lowest BCUT2D eigenvalue weighted by molar-refractivity contribution is -0.137. The van der Waals surface area contributed by atoms with Crippen molar-refractivity contribution >= 4 is 24.0 Å². The molecule has 19 heavy (non-hydrogen) atoms. The van der Waals surface area contributed by atoms with E-state index in [0.717, 1.165) is 6.42 Å². The zero-order valence-corrected chi connectivity index (χ0v) is 10.9. The van der Waals surface area contributed by atoms with Crippen LogP contribution in [0.25, 0.3) is 0 Å². The van der Waals surface area contributed by atoms with Gasteiger partial charge in [-0.2, -0.15) is 0 Å². The Balaban J connectivity index is 2.08. The van der Waals surface area contributed by atoms with E-state index in [0.29, 0.717) is 32.1 Å². The topological polar surface area (TPSA) is 83.6 Å². The SMILES string of the molecule is CC(C=O)NC(=O)CCCCCN1C(=O)C=CC1=O. The number of hydrogen-bond acceptors (Lipinski definition) is 4. The van der Waals surface area contributed by atoms with E-state index in [1.807, 2.05) is 0 Å². The van der Waals surface area contributed by atoms with Crippen molar-refractivity contribution in [3.05, 3.63) is 12.2 Å². The summed E-state index contributed by atoms with van der Waals surface area (Å²) in [4.78, 5) is 45.3. The Morgan fingerprint density at radius 1 is 1.26 bits per heavy atom. The van der Waals surface area contributed by atoms with E-state index in [9.17, 15) is 19.2 Å². The molecule has 6 nitrogen and oxygen atoms in total. The van der Waals surface area contributed by atoms with Crippen LogP contribution in [0.5, 0.6) is 0 Å². The molecule has 0 aromatic carbocycles. The smallest absolute Gasteiger partial charge is 0.253 e. The molecule has 1 aliphatic heterocycles. The van der Waals surface area contributed by atoms with Gasteiger partial charge in [-0.15, -0.1) is 0 Å². The standard InChI is InChI=1S/C13H18N2O4/c1-10(9-16)14-11(17)5-3-2-4-8-15-12(18)6-7-13(15)19/h6-7,9-10H,2-5,8H2,1H3,(H,14,17). The second-order valence-electron chi connectivity index (χ2n) is 4.46. The minimum Gasteiger partial charge on any atom is -0.347 e. The molecular weight excluding hydrogens is 248 g/mol. The molecule has 0 aromatic heterocycles. The van der Waals surface area contributed by atoms with Crippen molar-refractivity contribution in [3.8, 4) is 0 Å². The Labute approximate surface area is 111 Å². The largest absolute Gasteiger partial charge is 0.347 e. The number of aldehydes is 1. The Morgan fingerprint density at radius 3 is 2.47 bits per heavy atom. The third-order valence-electron chi connectivity index (χ3n) is 2.78. The van der Waals surface area contributed by atoms with E-state index < -0.39 is 6.04 Å². The Hall–Kier alpha value is -1.98. The van der Waals surface area contributed by atoms with Crippen molar-refractivity contribution in [2.24, 2.45) is 0 Å². The van der Waals surface area contributed by atoms with Crippen molar-refractivity contribution in [1.29, 1.82) is 0 Å². The predicted octanol–water partition coefficient (Wildman–Crippen LogP) is 0.175. The summed E-state index contributed by atoms with van der Waals surface area (Å²) in [5, 5.41) is 2.54. The molecule has 0 aliphatic carbocycles. The summed E-state index contributed by atoms with van der Waals surface area (Å²) < 4.78 is 0. The van der Waals surface area contributed by atoms with Crippen molar-refractivity contribution in [3.63, 3.8) is 0 Å². The number of nitrogens with one attached hydrogen (secondary N) is 1. The summed E-state index contributed by atoms with van der Waals surface area (Å²) in [5.41, 5.74) is 0. The molecule has 0 radical (unpaired) electrons. The van der Waals surface area contributed by atoms with E-state index in [1.54, 1.807) is 6.92 Å². The molecule has 1 unspecified atom stereocenters. The van der Waals surface area contributed by atoms with Crippen LogP contribution in [0.2, 0.25) is 0 Å². The van der Waals surface area contributed by atoms with Crippen molar-refractivity contribution in [2.45, 2.75) is 38.6 Å². The van der Waals surface area contributed by atoms with Crippen molar-refractivity contribution in [1.82, 2.24) is 10.2 Å². The molecule has 3 amide bonds. The first-order valence-corrected chi connectivity index (χ1v) is 6.33. The second-order valence-corrected chi connectivity index (χ2v) is 4.46. The predicted molar refractivity (Wildman–Crippen MR) is 68.0 cm³/mol. The van der Waals surface area contributed by atoms with Gasteiger partial charge in [0.15, 0.2) is 0 Å². The molecule has 1 rings (SSSR count). The minimum absolute atomic E-state index is 0.158. The molecule has 0 fully saturated rings. The zero-order valence-electron chi connectivity index (χ0n) is 10.9. The van der Waals surface area contributed by atoms with Gasteiger partial charge in [0.2, 0.25) is 5.91 Å². The summed E-state index contributed by atoms with van der Waals surface area (Å²) in [7, 11) is 0. The summed E-state index contributed by atoms with van der Waals surface area (Å²) in [6.07, 6.45) is 5.64. The van der Waals surface area contributed by atoms with E-state index in [-0.39, 0.29) is 17.7 Å². The van der Waals surface area contributed by atoms with Crippen LogP contribution in [0.3, 0.4) is 0 Å². The summed E-state index contributed by atoms with van der Waals surface area (Å²) in [6.45, 7) is 2.00. The first kappa shape index (κ1) is 15.1. The van der Waals surface area contributed by atoms with Crippen LogP contribution in [-0.4, -0.2) is 41.5 Å². The molecule has 1 aliphatic rings. The van der Waals surface area contributed by atoms with Gasteiger partial charge in [-0.1, -0.05) is 6.42 Å². The Kier molecular flexibility index (Phi) is 5.92. The first-order valence-electron chi connectivity index (χ1n) is 6.33. The molecule has 104 valence electrons. The highest BCUT2D eigenvalue weighted by molar-refractivity contribution is 6.12. The highest BCUT2D eigenvalue weighted by atomic mass is 16.2.